The van der Waals surface area contributed by atoms with E-state index in [-0.39, 0.29) is 0 Å². The summed E-state index contributed by atoms with van der Waals surface area (Å²) in [5.41, 5.74) is 2.87. The van der Waals surface area contributed by atoms with Crippen molar-refractivity contribution >= 4 is 11.2 Å². The molecular formula is C12H15N7O. The Balaban J connectivity index is 1.92. The molecule has 0 aliphatic carbocycles. The Morgan fingerprint density at radius 3 is 2.95 bits per heavy atom. The predicted octanol–water partition coefficient (Wildman–Crippen LogP) is 1.30. The quantitative estimate of drug-likeness (QED) is 0.691. The molecule has 0 amide bonds. The largest absolute Gasteiger partial charge is 0.244 e. The number of aryl methyl sites for hydroxylation is 2. The molecule has 0 aliphatic rings. The van der Waals surface area contributed by atoms with Gasteiger partial charge in [-0.15, -0.1) is 5.10 Å². The summed E-state index contributed by atoms with van der Waals surface area (Å²) in [5, 5.41) is 15.8. The van der Waals surface area contributed by atoms with E-state index in [1.54, 1.807) is 10.9 Å². The van der Waals surface area contributed by atoms with Crippen LogP contribution in [0.15, 0.2) is 10.8 Å². The summed E-state index contributed by atoms with van der Waals surface area (Å²) in [6.07, 6.45) is 4.76. The van der Waals surface area contributed by atoms with Gasteiger partial charge in [0.2, 0.25) is 0 Å². The fraction of sp³-hybridized carbons (Fsp3) is 0.500. The van der Waals surface area contributed by atoms with Gasteiger partial charge in [0.15, 0.2) is 11.2 Å². The molecule has 8 heteroatoms. The zero-order valence-electron chi connectivity index (χ0n) is 11.4. The van der Waals surface area contributed by atoms with Crippen LogP contribution in [0.5, 0.6) is 0 Å². The van der Waals surface area contributed by atoms with Crippen molar-refractivity contribution in [3.8, 4) is 0 Å². The molecule has 20 heavy (non-hydrogen) atoms. The molecule has 3 aromatic rings. The van der Waals surface area contributed by atoms with Crippen LogP contribution in [-0.4, -0.2) is 35.3 Å². The fourth-order valence-electron chi connectivity index (χ4n) is 1.90. The second-order valence-electron chi connectivity index (χ2n) is 4.64. The van der Waals surface area contributed by atoms with Crippen LogP contribution in [0.3, 0.4) is 0 Å². The Labute approximate surface area is 115 Å². The first-order valence-corrected chi connectivity index (χ1v) is 6.61. The molecule has 3 heterocycles. The molecule has 8 nitrogen and oxygen atoms in total. The summed E-state index contributed by atoms with van der Waals surface area (Å²) in [6.45, 7) is 4.42. The number of aromatic nitrogens is 7. The topological polar surface area (TPSA) is 95.4 Å². The maximum Gasteiger partial charge on any atom is 0.182 e. The Kier molecular flexibility index (Phi) is 3.36. The molecule has 0 spiro atoms. The Hall–Kier alpha value is -2.38. The normalized spacial score (nSPS) is 11.3. The van der Waals surface area contributed by atoms with Gasteiger partial charge >= 0.3 is 0 Å². The predicted molar refractivity (Wildman–Crippen MR) is 69.9 cm³/mol. The van der Waals surface area contributed by atoms with E-state index >= 15 is 0 Å². The number of rotatable bonds is 5. The molecule has 104 valence electrons. The first kappa shape index (κ1) is 12.6. The van der Waals surface area contributed by atoms with Gasteiger partial charge in [-0.2, -0.15) is 0 Å². The summed E-state index contributed by atoms with van der Waals surface area (Å²) in [4.78, 5) is 8.83. The van der Waals surface area contributed by atoms with E-state index in [4.69, 9.17) is 0 Å². The maximum atomic E-state index is 4.69. The summed E-state index contributed by atoms with van der Waals surface area (Å²) in [6, 6.07) is 0. The molecule has 0 saturated heterocycles. The zero-order valence-corrected chi connectivity index (χ0v) is 11.4. The first-order valence-electron chi connectivity index (χ1n) is 6.61. The van der Waals surface area contributed by atoms with E-state index in [1.165, 1.54) is 0 Å². The van der Waals surface area contributed by atoms with Crippen LogP contribution in [0.4, 0.5) is 0 Å². The Morgan fingerprint density at radius 1 is 1.30 bits per heavy atom. The zero-order chi connectivity index (χ0) is 13.9. The highest BCUT2D eigenvalue weighted by Crippen LogP contribution is 2.11. The molecule has 3 rings (SSSR count). The van der Waals surface area contributed by atoms with Gasteiger partial charge in [0.25, 0.3) is 0 Å². The summed E-state index contributed by atoms with van der Waals surface area (Å²) < 4.78 is 6.38. The van der Waals surface area contributed by atoms with Gasteiger partial charge in [0.05, 0.1) is 12.7 Å². The van der Waals surface area contributed by atoms with E-state index in [2.05, 4.69) is 42.1 Å². The van der Waals surface area contributed by atoms with Crippen LogP contribution >= 0.6 is 0 Å². The minimum Gasteiger partial charge on any atom is -0.244 e. The second kappa shape index (κ2) is 5.32. The van der Waals surface area contributed by atoms with Crippen LogP contribution in [0.1, 0.15) is 37.0 Å². The van der Waals surface area contributed by atoms with E-state index in [1.807, 2.05) is 6.92 Å². The van der Waals surface area contributed by atoms with Crippen LogP contribution in [-0.2, 0) is 13.0 Å². The average Bonchev–Trinajstić information content (AvgIpc) is 3.04. The molecule has 0 saturated carbocycles. The molecule has 3 aromatic heterocycles. The third-order valence-electron chi connectivity index (χ3n) is 3.10. The molecule has 0 atom stereocenters. The molecule has 0 bridgehead atoms. The molecule has 0 fully saturated rings. The maximum absolute atomic E-state index is 4.69. The lowest BCUT2D eigenvalue weighted by molar-refractivity contribution is 0.300. The van der Waals surface area contributed by atoms with Crippen molar-refractivity contribution < 1.29 is 4.63 Å². The van der Waals surface area contributed by atoms with Crippen molar-refractivity contribution in [2.75, 3.05) is 0 Å². The first-order chi connectivity index (χ1) is 9.78. The lowest BCUT2D eigenvalue weighted by atomic mass is 10.2. The third-order valence-corrected chi connectivity index (χ3v) is 3.10. The van der Waals surface area contributed by atoms with Gasteiger partial charge < -0.3 is 0 Å². The summed E-state index contributed by atoms with van der Waals surface area (Å²) >= 11 is 0. The summed E-state index contributed by atoms with van der Waals surface area (Å²) in [5.74, 6) is 0.817. The second-order valence-corrected chi connectivity index (χ2v) is 4.64. The molecule has 0 unspecified atom stereocenters. The van der Waals surface area contributed by atoms with E-state index in [0.29, 0.717) is 17.7 Å². The Bertz CT molecular complexity index is 717. The molecule has 0 aliphatic heterocycles. The molecular weight excluding hydrogens is 258 g/mol. The number of fused-ring (bicyclic) bond motifs is 1. The van der Waals surface area contributed by atoms with E-state index in [0.717, 1.165) is 36.5 Å². The van der Waals surface area contributed by atoms with Gasteiger partial charge in [-0.25, -0.2) is 19.3 Å². The van der Waals surface area contributed by atoms with Crippen LogP contribution in [0.2, 0.25) is 0 Å². The number of hydrogen-bond acceptors (Lipinski definition) is 7. The fourth-order valence-corrected chi connectivity index (χ4v) is 1.90. The smallest absolute Gasteiger partial charge is 0.182 e. The average molecular weight is 273 g/mol. The minimum absolute atomic E-state index is 0.441. The third kappa shape index (κ3) is 2.36. The van der Waals surface area contributed by atoms with Crippen LogP contribution in [0.25, 0.3) is 11.2 Å². The highest BCUT2D eigenvalue weighted by Gasteiger charge is 2.12. The minimum atomic E-state index is 0.441. The van der Waals surface area contributed by atoms with Crippen molar-refractivity contribution in [2.45, 2.75) is 39.7 Å². The highest BCUT2D eigenvalue weighted by molar-refractivity contribution is 5.68. The van der Waals surface area contributed by atoms with E-state index in [9.17, 15) is 0 Å². The van der Waals surface area contributed by atoms with Gasteiger partial charge in [-0.3, -0.25) is 0 Å². The van der Waals surface area contributed by atoms with Gasteiger partial charge in [-0.1, -0.05) is 28.9 Å². The Morgan fingerprint density at radius 2 is 2.20 bits per heavy atom. The van der Waals surface area contributed by atoms with Crippen molar-refractivity contribution in [3.63, 3.8) is 0 Å². The highest BCUT2D eigenvalue weighted by atomic mass is 16.6. The van der Waals surface area contributed by atoms with Gasteiger partial charge in [0, 0.05) is 6.42 Å². The monoisotopic (exact) mass is 273 g/mol. The molecule has 0 radical (unpaired) electrons. The van der Waals surface area contributed by atoms with Gasteiger partial charge in [-0.05, 0) is 13.3 Å². The van der Waals surface area contributed by atoms with Crippen molar-refractivity contribution in [3.05, 3.63) is 23.4 Å². The van der Waals surface area contributed by atoms with Crippen LogP contribution in [0, 0.1) is 6.92 Å². The SMILES string of the molecule is CCCCc1ncc2nnn(Cc3nonc3C)c2n1. The lowest BCUT2D eigenvalue weighted by Gasteiger charge is -2.00. The number of unbranched alkanes of at least 4 members (excludes halogenated alkanes) is 1. The van der Waals surface area contributed by atoms with Crippen molar-refractivity contribution in [1.29, 1.82) is 0 Å². The lowest BCUT2D eigenvalue weighted by Crippen LogP contribution is -2.06. The summed E-state index contributed by atoms with van der Waals surface area (Å²) in [7, 11) is 0. The molecule has 0 aromatic carbocycles. The van der Waals surface area contributed by atoms with E-state index < -0.39 is 0 Å². The number of hydrogen-bond donors (Lipinski definition) is 0. The molecule has 0 N–H and O–H groups in total. The van der Waals surface area contributed by atoms with Crippen molar-refractivity contribution in [1.82, 2.24) is 35.3 Å². The van der Waals surface area contributed by atoms with Gasteiger partial charge in [0.1, 0.15) is 17.2 Å². The standard InChI is InChI=1S/C12H15N7O/c1-3-4-5-11-13-6-9-12(14-11)19(18-15-9)7-10-8(2)16-20-17-10/h6H,3-5,7H2,1-2H3. The number of nitrogens with zero attached hydrogens (tertiary/aromatic N) is 7. The van der Waals surface area contributed by atoms with Crippen molar-refractivity contribution in [2.24, 2.45) is 0 Å². The van der Waals surface area contributed by atoms with Crippen LogP contribution < -0.4 is 0 Å².